The summed E-state index contributed by atoms with van der Waals surface area (Å²) >= 11 is 0. The largest absolute Gasteiger partial charge is 0.272 e. The number of hydrogen-bond donors (Lipinski definition) is 1. The van der Waals surface area contributed by atoms with Crippen LogP contribution in [0.1, 0.15) is 19.8 Å². The van der Waals surface area contributed by atoms with Crippen LogP contribution < -0.4 is 4.31 Å². The summed E-state index contributed by atoms with van der Waals surface area (Å²) in [5.41, 5.74) is 0.515. The molecule has 0 radical (unpaired) electrons. The lowest BCUT2D eigenvalue weighted by Gasteiger charge is -2.16. The Labute approximate surface area is 90.6 Å². The Hall–Kier alpha value is -1.10. The maximum Gasteiger partial charge on any atom is 0.225 e. The first-order valence-corrected chi connectivity index (χ1v) is 5.95. The number of rotatable bonds is 5. The average molecular weight is 231 g/mol. The van der Waals surface area contributed by atoms with E-state index >= 15 is 0 Å². The molecule has 0 aliphatic carbocycles. The molecule has 0 amide bonds. The third-order valence-corrected chi connectivity index (χ3v) is 2.87. The SMILES string of the molecule is CCCCN(c1ccc(F)cc1)[SH](=O)=O. The Morgan fingerprint density at radius 3 is 2.33 bits per heavy atom. The van der Waals surface area contributed by atoms with Gasteiger partial charge in [-0.2, -0.15) is 0 Å². The van der Waals surface area contributed by atoms with Gasteiger partial charge in [0.1, 0.15) is 5.82 Å². The normalized spacial score (nSPS) is 10.6. The second kappa shape index (κ2) is 5.70. The van der Waals surface area contributed by atoms with Crippen molar-refractivity contribution in [1.29, 1.82) is 0 Å². The standard InChI is InChI=1S/C10H14FNO2S/c1-2-3-8-12(15(13)14)10-6-4-9(11)5-7-10/h4-7,15H,2-3,8H2,1H3. The van der Waals surface area contributed by atoms with Crippen LogP contribution in [0.5, 0.6) is 0 Å². The van der Waals surface area contributed by atoms with E-state index < -0.39 is 10.9 Å². The highest BCUT2D eigenvalue weighted by atomic mass is 32.2. The first kappa shape index (κ1) is 12.0. The van der Waals surface area contributed by atoms with Gasteiger partial charge in [0.05, 0.1) is 5.69 Å². The van der Waals surface area contributed by atoms with Gasteiger partial charge < -0.3 is 0 Å². The second-order valence-corrected chi connectivity index (χ2v) is 4.15. The quantitative estimate of drug-likeness (QED) is 0.786. The summed E-state index contributed by atoms with van der Waals surface area (Å²) in [6.07, 6.45) is 1.71. The third-order valence-electron chi connectivity index (χ3n) is 2.05. The van der Waals surface area contributed by atoms with Gasteiger partial charge in [-0.25, -0.2) is 12.8 Å². The van der Waals surface area contributed by atoms with Gasteiger partial charge in [0, 0.05) is 6.54 Å². The average Bonchev–Trinajstić information content (AvgIpc) is 2.21. The summed E-state index contributed by atoms with van der Waals surface area (Å²) < 4.78 is 35.8. The zero-order valence-electron chi connectivity index (χ0n) is 8.52. The molecule has 3 nitrogen and oxygen atoms in total. The fourth-order valence-corrected chi connectivity index (χ4v) is 1.85. The first-order valence-electron chi connectivity index (χ1n) is 4.82. The van der Waals surface area contributed by atoms with E-state index in [-0.39, 0.29) is 5.82 Å². The van der Waals surface area contributed by atoms with Gasteiger partial charge in [-0.05, 0) is 30.7 Å². The Morgan fingerprint density at radius 1 is 1.27 bits per heavy atom. The van der Waals surface area contributed by atoms with Gasteiger partial charge in [0.2, 0.25) is 10.9 Å². The molecule has 1 rings (SSSR count). The minimum atomic E-state index is -2.65. The van der Waals surface area contributed by atoms with Crippen molar-refractivity contribution in [3.8, 4) is 0 Å². The van der Waals surface area contributed by atoms with Gasteiger partial charge in [0.25, 0.3) is 0 Å². The molecular formula is C10H14FNO2S. The van der Waals surface area contributed by atoms with Crippen molar-refractivity contribution in [3.05, 3.63) is 30.1 Å². The van der Waals surface area contributed by atoms with E-state index in [1.165, 1.54) is 28.6 Å². The molecule has 0 N–H and O–H groups in total. The zero-order valence-corrected chi connectivity index (χ0v) is 9.41. The first-order chi connectivity index (χ1) is 7.15. The van der Waals surface area contributed by atoms with Crippen LogP contribution in [0.25, 0.3) is 0 Å². The smallest absolute Gasteiger partial charge is 0.225 e. The van der Waals surface area contributed by atoms with Gasteiger partial charge in [-0.3, -0.25) is 4.31 Å². The van der Waals surface area contributed by atoms with Crippen molar-refractivity contribution in [3.63, 3.8) is 0 Å². The topological polar surface area (TPSA) is 37.4 Å². The third kappa shape index (κ3) is 3.51. The molecule has 0 aliphatic rings. The van der Waals surface area contributed by atoms with Crippen LogP contribution in [0.3, 0.4) is 0 Å². The number of hydrogen-bond acceptors (Lipinski definition) is 2. The minimum Gasteiger partial charge on any atom is -0.272 e. The summed E-state index contributed by atoms with van der Waals surface area (Å²) in [6.45, 7) is 2.43. The highest BCUT2D eigenvalue weighted by Crippen LogP contribution is 2.15. The molecule has 0 heterocycles. The van der Waals surface area contributed by atoms with E-state index in [9.17, 15) is 12.8 Å². The van der Waals surface area contributed by atoms with Gasteiger partial charge in [-0.15, -0.1) is 0 Å². The molecule has 0 atom stereocenters. The Bertz CT molecular complexity index is 368. The molecule has 0 aromatic heterocycles. The van der Waals surface area contributed by atoms with Crippen molar-refractivity contribution in [2.24, 2.45) is 0 Å². The molecule has 1 aromatic rings. The molecule has 1 aromatic carbocycles. The van der Waals surface area contributed by atoms with E-state index in [1.54, 1.807) is 0 Å². The number of halogens is 1. The van der Waals surface area contributed by atoms with Crippen molar-refractivity contribution < 1.29 is 12.8 Å². The highest BCUT2D eigenvalue weighted by Gasteiger charge is 2.07. The fourth-order valence-electron chi connectivity index (χ4n) is 1.23. The lowest BCUT2D eigenvalue weighted by molar-refractivity contribution is 0.607. The van der Waals surface area contributed by atoms with E-state index in [1.807, 2.05) is 6.92 Å². The molecule has 84 valence electrons. The number of nitrogens with zero attached hydrogens (tertiary/aromatic N) is 1. The summed E-state index contributed by atoms with van der Waals surface area (Å²) in [5, 5.41) is 0. The summed E-state index contributed by atoms with van der Waals surface area (Å²) in [7, 11) is -2.65. The van der Waals surface area contributed by atoms with Crippen molar-refractivity contribution >= 4 is 16.6 Å². The van der Waals surface area contributed by atoms with Crippen LogP contribution in [-0.4, -0.2) is 15.0 Å². The summed E-state index contributed by atoms with van der Waals surface area (Å²) in [4.78, 5) is 0. The number of anilines is 1. The number of thiol groups is 1. The van der Waals surface area contributed by atoms with E-state index in [0.717, 1.165) is 12.8 Å². The molecule has 15 heavy (non-hydrogen) atoms. The predicted octanol–water partition coefficient (Wildman–Crippen LogP) is 1.96. The summed E-state index contributed by atoms with van der Waals surface area (Å²) in [5.74, 6) is -0.365. The van der Waals surface area contributed by atoms with Crippen LogP contribution >= 0.6 is 0 Å². The van der Waals surface area contributed by atoms with Crippen LogP contribution in [0.15, 0.2) is 24.3 Å². The zero-order chi connectivity index (χ0) is 11.3. The van der Waals surface area contributed by atoms with Crippen LogP contribution in [-0.2, 0) is 10.9 Å². The lowest BCUT2D eigenvalue weighted by Crippen LogP contribution is -2.22. The van der Waals surface area contributed by atoms with E-state index in [4.69, 9.17) is 0 Å². The molecule has 0 aliphatic heterocycles. The van der Waals surface area contributed by atoms with Crippen LogP contribution in [0, 0.1) is 5.82 Å². The maximum absolute atomic E-state index is 12.6. The Balaban J connectivity index is 2.84. The van der Waals surface area contributed by atoms with Gasteiger partial charge >= 0.3 is 0 Å². The molecule has 0 saturated carbocycles. The second-order valence-electron chi connectivity index (χ2n) is 3.19. The fraction of sp³-hybridized carbons (Fsp3) is 0.400. The molecular weight excluding hydrogens is 217 g/mol. The maximum atomic E-state index is 12.6. The molecule has 0 bridgehead atoms. The lowest BCUT2D eigenvalue weighted by atomic mass is 10.3. The molecule has 0 fully saturated rings. The predicted molar refractivity (Wildman–Crippen MR) is 59.0 cm³/mol. The Kier molecular flexibility index (Phi) is 4.55. The molecule has 0 spiro atoms. The Morgan fingerprint density at radius 2 is 1.87 bits per heavy atom. The number of unbranched alkanes of at least 4 members (excludes halogenated alkanes) is 1. The monoisotopic (exact) mass is 231 g/mol. The van der Waals surface area contributed by atoms with Crippen molar-refractivity contribution in [2.75, 3.05) is 10.8 Å². The van der Waals surface area contributed by atoms with Gasteiger partial charge in [0.15, 0.2) is 0 Å². The van der Waals surface area contributed by atoms with E-state index in [2.05, 4.69) is 0 Å². The van der Waals surface area contributed by atoms with Crippen LogP contribution in [0.2, 0.25) is 0 Å². The number of benzene rings is 1. The van der Waals surface area contributed by atoms with Crippen molar-refractivity contribution in [1.82, 2.24) is 0 Å². The molecule has 0 saturated heterocycles. The van der Waals surface area contributed by atoms with Gasteiger partial charge in [-0.1, -0.05) is 13.3 Å². The van der Waals surface area contributed by atoms with Crippen LogP contribution in [0.4, 0.5) is 10.1 Å². The van der Waals surface area contributed by atoms with E-state index in [0.29, 0.717) is 12.2 Å². The van der Waals surface area contributed by atoms with Crippen molar-refractivity contribution in [2.45, 2.75) is 19.8 Å². The summed E-state index contributed by atoms with van der Waals surface area (Å²) in [6, 6.07) is 5.45. The minimum absolute atomic E-state index is 0.365. The molecule has 5 heteroatoms. The highest BCUT2D eigenvalue weighted by molar-refractivity contribution is 7.74. The molecule has 0 unspecified atom stereocenters.